The van der Waals surface area contributed by atoms with Gasteiger partial charge in [0.2, 0.25) is 0 Å². The molecule has 0 unspecified atom stereocenters. The number of rotatable bonds is 3. The highest BCUT2D eigenvalue weighted by atomic mass is 79.9. The van der Waals surface area contributed by atoms with Crippen molar-refractivity contribution in [3.05, 3.63) is 99.9 Å². The lowest BCUT2D eigenvalue weighted by atomic mass is 9.87. The molecular weight excluding hydrogens is 462 g/mol. The molecule has 3 heteroatoms. The minimum absolute atomic E-state index is 0.701. The van der Waals surface area contributed by atoms with E-state index in [0.717, 1.165) is 42.3 Å². The van der Waals surface area contributed by atoms with Gasteiger partial charge in [-0.05, 0) is 54.1 Å². The van der Waals surface area contributed by atoms with Crippen LogP contribution in [0.15, 0.2) is 99.9 Å². The zero-order valence-electron chi connectivity index (χ0n) is 14.5. The van der Waals surface area contributed by atoms with E-state index in [1.165, 1.54) is 0 Å². The van der Waals surface area contributed by atoms with E-state index in [2.05, 4.69) is 105 Å². The largest absolute Gasteiger partial charge is 0.397 e. The van der Waals surface area contributed by atoms with E-state index in [4.69, 9.17) is 5.73 Å². The molecule has 0 spiro atoms. The van der Waals surface area contributed by atoms with Gasteiger partial charge in [0.05, 0.1) is 14.6 Å². The third kappa shape index (κ3) is 3.33. The standard InChI is InChI=1S/C24H17Br2N/c25-22-20(17-12-6-2-7-13-17)19(16-10-4-1-5-11-16)21(23(26)24(22)27)18-14-8-3-9-15-18/h1-15H,27H2. The number of hydrogen-bond donors (Lipinski definition) is 1. The molecule has 0 fully saturated rings. The van der Waals surface area contributed by atoms with Gasteiger partial charge in [0.1, 0.15) is 0 Å². The molecule has 0 aromatic heterocycles. The monoisotopic (exact) mass is 477 g/mol. The van der Waals surface area contributed by atoms with Crippen LogP contribution in [0.25, 0.3) is 33.4 Å². The molecule has 4 aromatic rings. The van der Waals surface area contributed by atoms with Crippen LogP contribution in [0, 0.1) is 0 Å². The summed E-state index contributed by atoms with van der Waals surface area (Å²) in [6.45, 7) is 0. The van der Waals surface area contributed by atoms with E-state index in [-0.39, 0.29) is 0 Å². The third-order valence-electron chi connectivity index (χ3n) is 4.60. The summed E-state index contributed by atoms with van der Waals surface area (Å²) >= 11 is 7.54. The SMILES string of the molecule is Nc1c(Br)c(-c2ccccc2)c(-c2ccccc2)c(-c2ccccc2)c1Br. The third-order valence-corrected chi connectivity index (χ3v) is 6.25. The molecule has 0 aliphatic carbocycles. The summed E-state index contributed by atoms with van der Waals surface area (Å²) in [5.74, 6) is 0. The van der Waals surface area contributed by atoms with Gasteiger partial charge in [-0.3, -0.25) is 0 Å². The smallest absolute Gasteiger partial charge is 0.0616 e. The Kier molecular flexibility index (Phi) is 5.15. The number of nitrogen functional groups attached to an aromatic ring is 1. The van der Waals surface area contributed by atoms with Crippen LogP contribution in [0.5, 0.6) is 0 Å². The van der Waals surface area contributed by atoms with Crippen molar-refractivity contribution in [3.63, 3.8) is 0 Å². The van der Waals surface area contributed by atoms with Gasteiger partial charge in [-0.15, -0.1) is 0 Å². The molecule has 27 heavy (non-hydrogen) atoms. The number of hydrogen-bond acceptors (Lipinski definition) is 1. The van der Waals surface area contributed by atoms with Crippen molar-refractivity contribution in [2.45, 2.75) is 0 Å². The van der Waals surface area contributed by atoms with Crippen molar-refractivity contribution in [1.29, 1.82) is 0 Å². The van der Waals surface area contributed by atoms with Gasteiger partial charge in [0.25, 0.3) is 0 Å². The summed E-state index contributed by atoms with van der Waals surface area (Å²) in [4.78, 5) is 0. The molecule has 132 valence electrons. The van der Waals surface area contributed by atoms with E-state index >= 15 is 0 Å². The first-order chi connectivity index (χ1) is 13.2. The lowest BCUT2D eigenvalue weighted by Gasteiger charge is -2.22. The molecule has 0 bridgehead atoms. The highest BCUT2D eigenvalue weighted by molar-refractivity contribution is 9.11. The first kappa shape index (κ1) is 18.0. The van der Waals surface area contributed by atoms with Crippen LogP contribution < -0.4 is 5.73 Å². The fraction of sp³-hybridized carbons (Fsp3) is 0. The van der Waals surface area contributed by atoms with E-state index in [1.54, 1.807) is 0 Å². The molecule has 0 amide bonds. The van der Waals surface area contributed by atoms with Crippen LogP contribution in [0.1, 0.15) is 0 Å². The fourth-order valence-corrected chi connectivity index (χ4v) is 4.87. The van der Waals surface area contributed by atoms with Crippen molar-refractivity contribution in [1.82, 2.24) is 0 Å². The Morgan fingerprint density at radius 1 is 0.444 bits per heavy atom. The van der Waals surface area contributed by atoms with E-state index < -0.39 is 0 Å². The first-order valence-electron chi connectivity index (χ1n) is 8.65. The molecule has 0 atom stereocenters. The Hall–Kier alpha value is -2.36. The summed E-state index contributed by atoms with van der Waals surface area (Å²) in [5, 5.41) is 0. The molecular formula is C24H17Br2N. The Bertz CT molecular complexity index is 1010. The maximum atomic E-state index is 6.51. The highest BCUT2D eigenvalue weighted by Gasteiger charge is 2.23. The molecule has 0 heterocycles. The average molecular weight is 479 g/mol. The van der Waals surface area contributed by atoms with Gasteiger partial charge in [-0.1, -0.05) is 91.0 Å². The molecule has 4 aromatic carbocycles. The summed E-state index contributed by atoms with van der Waals surface area (Å²) < 4.78 is 1.80. The Morgan fingerprint density at radius 2 is 0.741 bits per heavy atom. The van der Waals surface area contributed by atoms with E-state index in [9.17, 15) is 0 Å². The Morgan fingerprint density at radius 3 is 1.07 bits per heavy atom. The van der Waals surface area contributed by atoms with Crippen LogP contribution in [0.3, 0.4) is 0 Å². The zero-order chi connectivity index (χ0) is 18.8. The second-order valence-electron chi connectivity index (χ2n) is 6.26. The molecule has 0 aliphatic rings. The van der Waals surface area contributed by atoms with Crippen molar-refractivity contribution in [2.75, 3.05) is 5.73 Å². The van der Waals surface area contributed by atoms with E-state index in [1.807, 2.05) is 18.2 Å². The number of nitrogens with two attached hydrogens (primary N) is 1. The van der Waals surface area contributed by atoms with E-state index in [0.29, 0.717) is 5.69 Å². The first-order valence-corrected chi connectivity index (χ1v) is 10.2. The lowest BCUT2D eigenvalue weighted by molar-refractivity contribution is 1.51. The van der Waals surface area contributed by atoms with Gasteiger partial charge in [0, 0.05) is 11.1 Å². The van der Waals surface area contributed by atoms with Crippen LogP contribution in [0.4, 0.5) is 5.69 Å². The Balaban J connectivity index is 2.18. The van der Waals surface area contributed by atoms with Gasteiger partial charge in [-0.2, -0.15) is 0 Å². The second kappa shape index (κ2) is 7.71. The van der Waals surface area contributed by atoms with Gasteiger partial charge < -0.3 is 5.73 Å². The summed E-state index contributed by atoms with van der Waals surface area (Å²) in [6, 6.07) is 31.2. The minimum atomic E-state index is 0.701. The predicted molar refractivity (Wildman–Crippen MR) is 123 cm³/mol. The number of benzene rings is 4. The normalized spacial score (nSPS) is 10.7. The van der Waals surface area contributed by atoms with Crippen molar-refractivity contribution in [2.24, 2.45) is 0 Å². The summed E-state index contributed by atoms with van der Waals surface area (Å²) in [7, 11) is 0. The molecule has 0 radical (unpaired) electrons. The predicted octanol–water partition coefficient (Wildman–Crippen LogP) is 7.79. The quantitative estimate of drug-likeness (QED) is 0.298. The summed E-state index contributed by atoms with van der Waals surface area (Å²) in [5.41, 5.74) is 14.0. The maximum absolute atomic E-state index is 6.51. The maximum Gasteiger partial charge on any atom is 0.0616 e. The fourth-order valence-electron chi connectivity index (χ4n) is 3.36. The van der Waals surface area contributed by atoms with Crippen LogP contribution in [-0.2, 0) is 0 Å². The number of halogens is 2. The van der Waals surface area contributed by atoms with Gasteiger partial charge in [0.15, 0.2) is 0 Å². The molecule has 0 saturated carbocycles. The molecule has 4 rings (SSSR count). The van der Waals surface area contributed by atoms with Crippen LogP contribution >= 0.6 is 31.9 Å². The molecule has 0 saturated heterocycles. The molecule has 1 nitrogen and oxygen atoms in total. The van der Waals surface area contributed by atoms with Crippen LogP contribution in [-0.4, -0.2) is 0 Å². The second-order valence-corrected chi connectivity index (χ2v) is 7.85. The topological polar surface area (TPSA) is 26.0 Å². The van der Waals surface area contributed by atoms with Crippen LogP contribution in [0.2, 0.25) is 0 Å². The summed E-state index contributed by atoms with van der Waals surface area (Å²) in [6.07, 6.45) is 0. The van der Waals surface area contributed by atoms with Gasteiger partial charge >= 0.3 is 0 Å². The van der Waals surface area contributed by atoms with Crippen molar-refractivity contribution in [3.8, 4) is 33.4 Å². The Labute approximate surface area is 176 Å². The van der Waals surface area contributed by atoms with Gasteiger partial charge in [-0.25, -0.2) is 0 Å². The highest BCUT2D eigenvalue weighted by Crippen LogP contribution is 2.51. The van der Waals surface area contributed by atoms with Crippen molar-refractivity contribution < 1.29 is 0 Å². The number of anilines is 1. The lowest BCUT2D eigenvalue weighted by Crippen LogP contribution is -1.99. The average Bonchev–Trinajstić information content (AvgIpc) is 2.73. The van der Waals surface area contributed by atoms with Crippen molar-refractivity contribution >= 4 is 37.5 Å². The zero-order valence-corrected chi connectivity index (χ0v) is 17.7. The molecule has 0 aliphatic heterocycles. The molecule has 2 N–H and O–H groups in total. The minimum Gasteiger partial charge on any atom is -0.397 e.